The normalized spacial score (nSPS) is 22.4. The van der Waals surface area contributed by atoms with Crippen LogP contribution in [0.25, 0.3) is 0 Å². The average Bonchev–Trinajstić information content (AvgIpc) is 3.38. The number of hydrogen-bond donors (Lipinski definition) is 3. The van der Waals surface area contributed by atoms with Crippen molar-refractivity contribution in [1.29, 1.82) is 0 Å². The molecule has 2 amide bonds. The van der Waals surface area contributed by atoms with Crippen LogP contribution in [0.3, 0.4) is 0 Å². The van der Waals surface area contributed by atoms with Gasteiger partial charge in [-0.25, -0.2) is 0 Å². The minimum Gasteiger partial charge on any atom is -0.381 e. The van der Waals surface area contributed by atoms with Crippen LogP contribution in [-0.2, 0) is 16.6 Å². The van der Waals surface area contributed by atoms with E-state index in [-0.39, 0.29) is 29.7 Å². The summed E-state index contributed by atoms with van der Waals surface area (Å²) in [7, 11) is 1.88. The van der Waals surface area contributed by atoms with Crippen LogP contribution in [0.15, 0.2) is 36.7 Å². The number of rotatable bonds is 5. The summed E-state index contributed by atoms with van der Waals surface area (Å²) in [6, 6.07) is 7.21. The third-order valence-electron chi connectivity index (χ3n) is 5.68. The van der Waals surface area contributed by atoms with Crippen molar-refractivity contribution in [3.63, 3.8) is 0 Å². The molecule has 29 heavy (non-hydrogen) atoms. The Kier molecular flexibility index (Phi) is 5.92. The molecule has 0 bridgehead atoms. The molecule has 2 saturated heterocycles. The minimum atomic E-state index is -0.157. The molecule has 1 aromatic heterocycles. The van der Waals surface area contributed by atoms with E-state index in [2.05, 4.69) is 21.0 Å². The number of carbonyl (C=O) groups excluding carboxylic acids is 2. The summed E-state index contributed by atoms with van der Waals surface area (Å²) in [6.07, 6.45) is 5.47. The van der Waals surface area contributed by atoms with Crippen molar-refractivity contribution in [1.82, 2.24) is 20.4 Å². The molecule has 0 radical (unpaired) electrons. The zero-order chi connectivity index (χ0) is 20.2. The lowest BCUT2D eigenvalue weighted by molar-refractivity contribution is -0.119. The van der Waals surface area contributed by atoms with Gasteiger partial charge < -0.3 is 20.7 Å². The lowest BCUT2D eigenvalue weighted by Gasteiger charge is -2.23. The first-order valence-electron chi connectivity index (χ1n) is 10.1. The molecule has 154 valence electrons. The predicted molar refractivity (Wildman–Crippen MR) is 109 cm³/mol. The van der Waals surface area contributed by atoms with Crippen LogP contribution in [-0.4, -0.2) is 53.9 Å². The highest BCUT2D eigenvalue weighted by molar-refractivity contribution is 5.96. The van der Waals surface area contributed by atoms with Crippen LogP contribution >= 0.6 is 0 Å². The van der Waals surface area contributed by atoms with Crippen molar-refractivity contribution in [3.8, 4) is 0 Å². The first kappa shape index (κ1) is 19.6. The number of aromatic nitrogens is 2. The second kappa shape index (κ2) is 8.75. The molecule has 4 rings (SSSR count). The van der Waals surface area contributed by atoms with E-state index in [1.54, 1.807) is 28.9 Å². The molecule has 1 aromatic carbocycles. The SMILES string of the molecule is Cn1cc([C@H]2CNC[C@@H]2C(=O)Nc2ccc(C(=O)NC3CCOCC3)cc2)cn1. The van der Waals surface area contributed by atoms with Gasteiger partial charge in [-0.2, -0.15) is 5.10 Å². The number of anilines is 1. The Morgan fingerprint density at radius 1 is 1.17 bits per heavy atom. The van der Waals surface area contributed by atoms with E-state index >= 15 is 0 Å². The number of nitrogens with zero attached hydrogens (tertiary/aromatic N) is 2. The van der Waals surface area contributed by atoms with E-state index in [1.165, 1.54) is 0 Å². The van der Waals surface area contributed by atoms with Gasteiger partial charge in [0.05, 0.1) is 12.1 Å². The van der Waals surface area contributed by atoms with E-state index in [9.17, 15) is 9.59 Å². The third kappa shape index (κ3) is 4.65. The number of hydrogen-bond acceptors (Lipinski definition) is 5. The van der Waals surface area contributed by atoms with Crippen LogP contribution in [0.1, 0.15) is 34.7 Å². The first-order valence-corrected chi connectivity index (χ1v) is 10.1. The van der Waals surface area contributed by atoms with Crippen LogP contribution in [0.5, 0.6) is 0 Å². The third-order valence-corrected chi connectivity index (χ3v) is 5.68. The van der Waals surface area contributed by atoms with E-state index in [0.29, 0.717) is 31.0 Å². The van der Waals surface area contributed by atoms with Gasteiger partial charge >= 0.3 is 0 Å². The standard InChI is InChI=1S/C21H27N5O3/c1-26-13-15(10-23-26)18-11-22-12-19(18)21(28)25-16-4-2-14(3-5-16)20(27)24-17-6-8-29-9-7-17/h2-5,10,13,17-19,22H,6-9,11-12H2,1H3,(H,24,27)(H,25,28)/t18-,19+/m1/s1. The van der Waals surface area contributed by atoms with Crippen LogP contribution in [0.4, 0.5) is 5.69 Å². The van der Waals surface area contributed by atoms with Gasteiger partial charge in [-0.05, 0) is 42.7 Å². The monoisotopic (exact) mass is 397 g/mol. The van der Waals surface area contributed by atoms with Gasteiger partial charge in [-0.3, -0.25) is 14.3 Å². The van der Waals surface area contributed by atoms with E-state index in [4.69, 9.17) is 4.74 Å². The molecular formula is C21H27N5O3. The number of amides is 2. The molecule has 0 unspecified atom stereocenters. The Balaban J connectivity index is 1.35. The number of aryl methyl sites for hydroxylation is 1. The van der Waals surface area contributed by atoms with Gasteiger partial charge in [-0.1, -0.05) is 0 Å². The zero-order valence-corrected chi connectivity index (χ0v) is 16.6. The van der Waals surface area contributed by atoms with E-state index in [0.717, 1.165) is 24.9 Å². The molecule has 3 heterocycles. The van der Waals surface area contributed by atoms with Gasteiger partial charge in [0.1, 0.15) is 0 Å². The second-order valence-corrected chi connectivity index (χ2v) is 7.75. The van der Waals surface area contributed by atoms with Crippen molar-refractivity contribution in [2.24, 2.45) is 13.0 Å². The number of nitrogens with one attached hydrogen (secondary N) is 3. The molecule has 8 heteroatoms. The maximum atomic E-state index is 12.8. The summed E-state index contributed by atoms with van der Waals surface area (Å²) in [4.78, 5) is 25.2. The van der Waals surface area contributed by atoms with E-state index in [1.807, 2.05) is 19.4 Å². The Morgan fingerprint density at radius 2 is 1.93 bits per heavy atom. The molecule has 3 N–H and O–H groups in total. The van der Waals surface area contributed by atoms with Crippen LogP contribution in [0.2, 0.25) is 0 Å². The first-order chi connectivity index (χ1) is 14.1. The topological polar surface area (TPSA) is 97.3 Å². The minimum absolute atomic E-state index is 0.0248. The lowest BCUT2D eigenvalue weighted by Crippen LogP contribution is -2.38. The summed E-state index contributed by atoms with van der Waals surface area (Å²) in [5.74, 6) is -0.168. The predicted octanol–water partition coefficient (Wildman–Crippen LogP) is 1.27. The summed E-state index contributed by atoms with van der Waals surface area (Å²) in [6.45, 7) is 2.77. The average molecular weight is 397 g/mol. The molecule has 8 nitrogen and oxygen atoms in total. The Hall–Kier alpha value is -2.71. The fourth-order valence-electron chi connectivity index (χ4n) is 3.99. The van der Waals surface area contributed by atoms with Crippen molar-refractivity contribution >= 4 is 17.5 Å². The number of benzene rings is 1. The smallest absolute Gasteiger partial charge is 0.251 e. The summed E-state index contributed by atoms with van der Waals surface area (Å²) < 4.78 is 7.07. The molecule has 2 aromatic rings. The lowest BCUT2D eigenvalue weighted by atomic mass is 9.90. The van der Waals surface area contributed by atoms with Crippen molar-refractivity contribution in [2.75, 3.05) is 31.6 Å². The van der Waals surface area contributed by atoms with Crippen LogP contribution in [0, 0.1) is 5.92 Å². The molecule has 2 aliphatic heterocycles. The van der Waals surface area contributed by atoms with Crippen molar-refractivity contribution in [3.05, 3.63) is 47.8 Å². The quantitative estimate of drug-likeness (QED) is 0.706. The summed E-state index contributed by atoms with van der Waals surface area (Å²) in [5.41, 5.74) is 2.34. The summed E-state index contributed by atoms with van der Waals surface area (Å²) >= 11 is 0. The van der Waals surface area contributed by atoms with E-state index < -0.39 is 0 Å². The molecule has 2 atom stereocenters. The van der Waals surface area contributed by atoms with Crippen molar-refractivity contribution in [2.45, 2.75) is 24.8 Å². The molecule has 2 fully saturated rings. The highest BCUT2D eigenvalue weighted by Gasteiger charge is 2.34. The zero-order valence-electron chi connectivity index (χ0n) is 16.6. The Morgan fingerprint density at radius 3 is 2.62 bits per heavy atom. The second-order valence-electron chi connectivity index (χ2n) is 7.75. The Bertz CT molecular complexity index is 857. The Labute approximate surface area is 170 Å². The van der Waals surface area contributed by atoms with Gasteiger partial charge in [0.15, 0.2) is 0 Å². The molecule has 0 aliphatic carbocycles. The highest BCUT2D eigenvalue weighted by atomic mass is 16.5. The highest BCUT2D eigenvalue weighted by Crippen LogP contribution is 2.29. The van der Waals surface area contributed by atoms with Gasteiger partial charge in [0.2, 0.25) is 5.91 Å². The fourth-order valence-corrected chi connectivity index (χ4v) is 3.99. The van der Waals surface area contributed by atoms with Crippen molar-refractivity contribution < 1.29 is 14.3 Å². The van der Waals surface area contributed by atoms with Gasteiger partial charge in [0.25, 0.3) is 5.91 Å². The van der Waals surface area contributed by atoms with Gasteiger partial charge in [-0.15, -0.1) is 0 Å². The molecular weight excluding hydrogens is 370 g/mol. The number of ether oxygens (including phenoxy) is 1. The van der Waals surface area contributed by atoms with Gasteiger partial charge in [0, 0.05) is 62.8 Å². The molecule has 2 aliphatic rings. The molecule has 0 saturated carbocycles. The largest absolute Gasteiger partial charge is 0.381 e. The number of carbonyl (C=O) groups is 2. The summed E-state index contributed by atoms with van der Waals surface area (Å²) in [5, 5.41) is 13.5. The molecule has 0 spiro atoms. The maximum absolute atomic E-state index is 12.8. The van der Waals surface area contributed by atoms with Crippen LogP contribution < -0.4 is 16.0 Å². The maximum Gasteiger partial charge on any atom is 0.251 e. The fraction of sp³-hybridized carbons (Fsp3) is 0.476.